The van der Waals surface area contributed by atoms with Crippen LogP contribution in [0.1, 0.15) is 29.3 Å². The van der Waals surface area contributed by atoms with Gasteiger partial charge in [-0.25, -0.2) is 0 Å². The zero-order valence-corrected chi connectivity index (χ0v) is 17.3. The van der Waals surface area contributed by atoms with E-state index in [-0.39, 0.29) is 6.04 Å². The van der Waals surface area contributed by atoms with Crippen molar-refractivity contribution >= 4 is 0 Å². The van der Waals surface area contributed by atoms with Crippen molar-refractivity contribution in [3.05, 3.63) is 77.6 Å². The highest BCUT2D eigenvalue weighted by atomic mass is 16.5. The number of aromatic nitrogens is 1. The van der Waals surface area contributed by atoms with Crippen LogP contribution >= 0.6 is 0 Å². The van der Waals surface area contributed by atoms with Crippen LogP contribution in [-0.2, 0) is 13.1 Å². The van der Waals surface area contributed by atoms with Crippen LogP contribution in [0.15, 0.2) is 60.8 Å². The molecule has 0 saturated carbocycles. The third kappa shape index (κ3) is 3.70. The number of hydrogen-bond acceptors (Lipinski definition) is 4. The number of aryl methyl sites for hydroxylation is 1. The van der Waals surface area contributed by atoms with E-state index in [0.717, 1.165) is 48.9 Å². The Bertz CT molecular complexity index is 966. The van der Waals surface area contributed by atoms with Crippen LogP contribution in [0.5, 0.6) is 17.2 Å². The molecule has 5 heteroatoms. The van der Waals surface area contributed by atoms with E-state index in [9.17, 15) is 0 Å². The van der Waals surface area contributed by atoms with Crippen LogP contribution in [0.4, 0.5) is 0 Å². The van der Waals surface area contributed by atoms with Crippen molar-refractivity contribution in [1.29, 1.82) is 0 Å². The molecule has 4 rings (SSSR count). The van der Waals surface area contributed by atoms with Gasteiger partial charge in [0.05, 0.1) is 27.4 Å². The van der Waals surface area contributed by atoms with Gasteiger partial charge in [-0.1, -0.05) is 30.3 Å². The largest absolute Gasteiger partial charge is 0.496 e. The second-order valence-corrected chi connectivity index (χ2v) is 7.25. The van der Waals surface area contributed by atoms with Crippen molar-refractivity contribution in [1.82, 2.24) is 9.47 Å². The number of nitrogens with zero attached hydrogens (tertiary/aromatic N) is 2. The fourth-order valence-corrected chi connectivity index (χ4v) is 4.36. The van der Waals surface area contributed by atoms with E-state index in [0.29, 0.717) is 0 Å². The molecule has 152 valence electrons. The standard InChI is InChI=1S/C24H28N2O3/c1-27-21-12-5-4-10-19(21)23-20-11-7-14-25(20)15-8-16-26(23)17-18-9-6-13-22(28-2)24(18)29-3/h4-7,9-14,23H,8,15-17H2,1-3H3. The van der Waals surface area contributed by atoms with Gasteiger partial charge in [-0.3, -0.25) is 4.90 Å². The maximum Gasteiger partial charge on any atom is 0.165 e. The van der Waals surface area contributed by atoms with Crippen molar-refractivity contribution in [2.45, 2.75) is 25.6 Å². The SMILES string of the molecule is COc1ccccc1C1c2cccn2CCCN1Cc1cccc(OC)c1OC. The number of benzene rings is 2. The van der Waals surface area contributed by atoms with Gasteiger partial charge in [0.15, 0.2) is 11.5 Å². The van der Waals surface area contributed by atoms with Crippen LogP contribution < -0.4 is 14.2 Å². The van der Waals surface area contributed by atoms with Crippen LogP contribution in [0.2, 0.25) is 0 Å². The van der Waals surface area contributed by atoms with Crippen LogP contribution in [0.3, 0.4) is 0 Å². The van der Waals surface area contributed by atoms with Gasteiger partial charge < -0.3 is 18.8 Å². The first-order valence-corrected chi connectivity index (χ1v) is 9.98. The van der Waals surface area contributed by atoms with Crippen LogP contribution in [0, 0.1) is 0 Å². The number of rotatable bonds is 6. The van der Waals surface area contributed by atoms with Gasteiger partial charge >= 0.3 is 0 Å². The molecule has 5 nitrogen and oxygen atoms in total. The van der Waals surface area contributed by atoms with Crippen molar-refractivity contribution in [2.24, 2.45) is 0 Å². The maximum atomic E-state index is 5.73. The maximum absolute atomic E-state index is 5.73. The van der Waals surface area contributed by atoms with Crippen molar-refractivity contribution in [3.63, 3.8) is 0 Å². The summed E-state index contributed by atoms with van der Waals surface area (Å²) >= 11 is 0. The Morgan fingerprint density at radius 1 is 0.828 bits per heavy atom. The summed E-state index contributed by atoms with van der Waals surface area (Å²) in [6.45, 7) is 2.75. The molecular weight excluding hydrogens is 364 g/mol. The van der Waals surface area contributed by atoms with Gasteiger partial charge in [0, 0.05) is 42.7 Å². The van der Waals surface area contributed by atoms with Gasteiger partial charge in [0.25, 0.3) is 0 Å². The summed E-state index contributed by atoms with van der Waals surface area (Å²) in [5, 5.41) is 0. The van der Waals surface area contributed by atoms with Crippen molar-refractivity contribution in [2.75, 3.05) is 27.9 Å². The molecule has 0 aliphatic carbocycles. The molecule has 0 fully saturated rings. The Kier molecular flexibility index (Phi) is 5.76. The normalized spacial score (nSPS) is 16.7. The molecule has 0 bridgehead atoms. The fraction of sp³-hybridized carbons (Fsp3) is 0.333. The van der Waals surface area contributed by atoms with Crippen molar-refractivity contribution < 1.29 is 14.2 Å². The van der Waals surface area contributed by atoms with E-state index in [4.69, 9.17) is 14.2 Å². The average Bonchev–Trinajstić information content (AvgIpc) is 3.15. The third-order valence-electron chi connectivity index (χ3n) is 5.65. The molecule has 0 N–H and O–H groups in total. The van der Waals surface area contributed by atoms with Crippen LogP contribution in [-0.4, -0.2) is 37.3 Å². The number of ether oxygens (including phenoxy) is 3. The highest BCUT2D eigenvalue weighted by molar-refractivity contribution is 5.47. The van der Waals surface area contributed by atoms with Gasteiger partial charge in [-0.05, 0) is 30.7 Å². The number of para-hydroxylation sites is 2. The monoisotopic (exact) mass is 392 g/mol. The molecule has 1 unspecified atom stereocenters. The molecule has 0 saturated heterocycles. The lowest BCUT2D eigenvalue weighted by molar-refractivity contribution is 0.212. The van der Waals surface area contributed by atoms with E-state index in [1.54, 1.807) is 21.3 Å². The van der Waals surface area contributed by atoms with E-state index >= 15 is 0 Å². The Hall–Kier alpha value is -2.92. The lowest BCUT2D eigenvalue weighted by Gasteiger charge is -2.32. The molecule has 0 amide bonds. The summed E-state index contributed by atoms with van der Waals surface area (Å²) in [6.07, 6.45) is 3.26. The molecule has 2 heterocycles. The quantitative estimate of drug-likeness (QED) is 0.618. The first-order valence-electron chi connectivity index (χ1n) is 9.98. The summed E-state index contributed by atoms with van der Waals surface area (Å²) in [7, 11) is 5.12. The minimum atomic E-state index is 0.0968. The lowest BCUT2D eigenvalue weighted by Crippen LogP contribution is -2.30. The van der Waals surface area contributed by atoms with Gasteiger partial charge in [-0.15, -0.1) is 0 Å². The Labute approximate surface area is 172 Å². The van der Waals surface area contributed by atoms with Crippen LogP contribution in [0.25, 0.3) is 0 Å². The zero-order valence-electron chi connectivity index (χ0n) is 17.3. The number of hydrogen-bond donors (Lipinski definition) is 0. The van der Waals surface area contributed by atoms with Gasteiger partial charge in [-0.2, -0.15) is 0 Å². The molecule has 29 heavy (non-hydrogen) atoms. The molecular formula is C24H28N2O3. The predicted octanol–water partition coefficient (Wildman–Crippen LogP) is 4.51. The molecule has 0 radical (unpaired) electrons. The first kappa shape index (κ1) is 19.4. The molecule has 2 aromatic carbocycles. The molecule has 1 aliphatic rings. The highest BCUT2D eigenvalue weighted by Crippen LogP contribution is 2.39. The number of methoxy groups -OCH3 is 3. The van der Waals surface area contributed by atoms with E-state index in [1.165, 1.54) is 11.3 Å². The molecule has 3 aromatic rings. The zero-order chi connectivity index (χ0) is 20.2. The van der Waals surface area contributed by atoms with E-state index in [2.05, 4.69) is 46.0 Å². The molecule has 0 spiro atoms. The van der Waals surface area contributed by atoms with Crippen molar-refractivity contribution in [3.8, 4) is 17.2 Å². The summed E-state index contributed by atoms with van der Waals surface area (Å²) in [6, 6.07) is 18.8. The topological polar surface area (TPSA) is 35.9 Å². The van der Waals surface area contributed by atoms with Gasteiger partial charge in [0.1, 0.15) is 5.75 Å². The number of fused-ring (bicyclic) bond motifs is 1. The predicted molar refractivity (Wildman–Crippen MR) is 114 cm³/mol. The lowest BCUT2D eigenvalue weighted by atomic mass is 9.99. The van der Waals surface area contributed by atoms with Gasteiger partial charge in [0.2, 0.25) is 0 Å². The minimum Gasteiger partial charge on any atom is -0.496 e. The fourth-order valence-electron chi connectivity index (χ4n) is 4.36. The molecule has 1 aliphatic heterocycles. The summed E-state index contributed by atoms with van der Waals surface area (Å²) in [4.78, 5) is 2.51. The Balaban J connectivity index is 1.79. The highest BCUT2D eigenvalue weighted by Gasteiger charge is 2.30. The minimum absolute atomic E-state index is 0.0968. The van der Waals surface area contributed by atoms with E-state index < -0.39 is 0 Å². The summed E-state index contributed by atoms with van der Waals surface area (Å²) < 4.78 is 19.3. The first-order chi connectivity index (χ1) is 14.3. The molecule has 1 atom stereocenters. The average molecular weight is 392 g/mol. The summed E-state index contributed by atoms with van der Waals surface area (Å²) in [5.74, 6) is 2.47. The Morgan fingerprint density at radius 2 is 1.62 bits per heavy atom. The smallest absolute Gasteiger partial charge is 0.165 e. The second-order valence-electron chi connectivity index (χ2n) is 7.25. The third-order valence-corrected chi connectivity index (χ3v) is 5.65. The second kappa shape index (κ2) is 8.62. The summed E-state index contributed by atoms with van der Waals surface area (Å²) in [5.41, 5.74) is 3.58. The van der Waals surface area contributed by atoms with E-state index in [1.807, 2.05) is 24.3 Å². The Morgan fingerprint density at radius 3 is 2.41 bits per heavy atom. The molecule has 1 aromatic heterocycles.